The summed E-state index contributed by atoms with van der Waals surface area (Å²) < 4.78 is 2.13. The summed E-state index contributed by atoms with van der Waals surface area (Å²) in [6.07, 6.45) is 3.83. The van der Waals surface area contributed by atoms with Gasteiger partial charge in [0.1, 0.15) is 5.69 Å². The van der Waals surface area contributed by atoms with E-state index in [1.165, 1.54) is 33.4 Å². The SMILES string of the molecule is N=C(/C=C(\N=Cc1cccc(-c2nn3c(-c4ccccc4)cc4ccccc4c3c2-c2ccccc2)c1)c1ccc2c(c1)C(c1ccccc1)(c1ccccc1)c1ccccc1-2)c1ccccc1. The van der Waals surface area contributed by atoms with E-state index in [-0.39, 0.29) is 0 Å². The molecule has 11 aromatic rings. The van der Waals surface area contributed by atoms with Crippen LogP contribution < -0.4 is 0 Å². The van der Waals surface area contributed by atoms with Crippen molar-refractivity contribution in [2.24, 2.45) is 4.99 Å². The molecule has 0 bridgehead atoms. The van der Waals surface area contributed by atoms with Gasteiger partial charge in [0.2, 0.25) is 0 Å². The van der Waals surface area contributed by atoms with Crippen LogP contribution in [0, 0.1) is 5.41 Å². The number of rotatable bonds is 10. The second-order valence-electron chi connectivity index (χ2n) is 17.3. The maximum absolute atomic E-state index is 9.38. The van der Waals surface area contributed by atoms with E-state index >= 15 is 0 Å². The van der Waals surface area contributed by atoms with Crippen LogP contribution in [0.4, 0.5) is 0 Å². The van der Waals surface area contributed by atoms with E-state index in [1.807, 2.05) is 42.6 Å². The quantitative estimate of drug-likeness (QED) is 0.137. The molecule has 2 heterocycles. The van der Waals surface area contributed by atoms with Crippen molar-refractivity contribution < 1.29 is 0 Å². The summed E-state index contributed by atoms with van der Waals surface area (Å²) in [5, 5.41) is 17.2. The predicted molar refractivity (Wildman–Crippen MR) is 282 cm³/mol. The van der Waals surface area contributed by atoms with Crippen LogP contribution in [0.25, 0.3) is 66.8 Å². The lowest BCUT2D eigenvalue weighted by Crippen LogP contribution is -2.28. The average Bonchev–Trinajstić information content (AvgIpc) is 3.96. The third-order valence-electron chi connectivity index (χ3n) is 13.4. The fourth-order valence-electron chi connectivity index (χ4n) is 10.3. The van der Waals surface area contributed by atoms with Crippen molar-refractivity contribution in [3.63, 3.8) is 0 Å². The Bertz CT molecular complexity index is 3680. The van der Waals surface area contributed by atoms with Gasteiger partial charge in [-0.15, -0.1) is 0 Å². The number of fused-ring (bicyclic) bond motifs is 6. The van der Waals surface area contributed by atoms with Gasteiger partial charge in [-0.2, -0.15) is 5.10 Å². The van der Waals surface area contributed by atoms with Gasteiger partial charge < -0.3 is 5.41 Å². The largest absolute Gasteiger partial charge is 0.300 e. The number of hydrogen-bond donors (Lipinski definition) is 1. The Hall–Kier alpha value is -8.99. The van der Waals surface area contributed by atoms with E-state index in [1.54, 1.807) is 0 Å². The highest BCUT2D eigenvalue weighted by molar-refractivity contribution is 6.11. The van der Waals surface area contributed by atoms with Crippen LogP contribution in [-0.2, 0) is 5.41 Å². The van der Waals surface area contributed by atoms with Crippen molar-refractivity contribution in [3.8, 4) is 44.8 Å². The van der Waals surface area contributed by atoms with Crippen molar-refractivity contribution >= 4 is 33.9 Å². The monoisotopic (exact) mass is 868 g/mol. The van der Waals surface area contributed by atoms with E-state index in [2.05, 4.69) is 223 Å². The topological polar surface area (TPSA) is 53.5 Å². The van der Waals surface area contributed by atoms with Gasteiger partial charge in [0, 0.05) is 33.9 Å². The summed E-state index contributed by atoms with van der Waals surface area (Å²) in [6, 6.07) is 87.5. The molecular formula is C64H44N4. The van der Waals surface area contributed by atoms with E-state index in [0.29, 0.717) is 11.4 Å². The van der Waals surface area contributed by atoms with Crippen LogP contribution in [0.15, 0.2) is 260 Å². The smallest absolute Gasteiger partial charge is 0.101 e. The van der Waals surface area contributed by atoms with Crippen molar-refractivity contribution in [2.75, 3.05) is 0 Å². The lowest BCUT2D eigenvalue weighted by Gasteiger charge is -2.34. The number of allylic oxidation sites excluding steroid dienone is 1. The molecule has 1 aliphatic carbocycles. The molecule has 0 radical (unpaired) electrons. The standard InChI is InChI=1S/C64H44N4/c65-58(45-22-6-1-7-23-45)42-59(49-37-38-55-54-35-18-19-36-56(54)64(57(55)40-49,51-30-12-4-13-31-51)52-32-14-5-15-33-52)66-43-44-21-20-29-50(39-44)62-61(47-26-10-3-11-27-47)63-53-34-17-16-28-48(53)41-60(68(63)67-62)46-24-8-2-9-25-46/h1-43,65H/b59-42-,65-58?,66-43?. The first-order valence-electron chi connectivity index (χ1n) is 23.1. The van der Waals surface area contributed by atoms with Crippen molar-refractivity contribution in [1.82, 2.24) is 9.61 Å². The van der Waals surface area contributed by atoms with Crippen LogP contribution in [0.2, 0.25) is 0 Å². The van der Waals surface area contributed by atoms with Crippen molar-refractivity contribution in [2.45, 2.75) is 5.41 Å². The highest BCUT2D eigenvalue weighted by atomic mass is 15.2. The summed E-state index contributed by atoms with van der Waals surface area (Å²) in [4.78, 5) is 5.32. The molecule has 0 saturated heterocycles. The Morgan fingerprint density at radius 1 is 0.485 bits per heavy atom. The van der Waals surface area contributed by atoms with Gasteiger partial charge in [-0.1, -0.05) is 231 Å². The number of benzene rings is 9. The third-order valence-corrected chi connectivity index (χ3v) is 13.4. The van der Waals surface area contributed by atoms with Crippen LogP contribution in [0.1, 0.15) is 38.9 Å². The number of aromatic nitrogens is 2. The van der Waals surface area contributed by atoms with Gasteiger partial charge in [0.15, 0.2) is 0 Å². The van der Waals surface area contributed by atoms with E-state index < -0.39 is 5.41 Å². The van der Waals surface area contributed by atoms with E-state index in [9.17, 15) is 5.41 Å². The van der Waals surface area contributed by atoms with E-state index in [4.69, 9.17) is 10.1 Å². The van der Waals surface area contributed by atoms with Crippen LogP contribution in [0.3, 0.4) is 0 Å². The number of pyridine rings is 1. The van der Waals surface area contributed by atoms with Gasteiger partial charge >= 0.3 is 0 Å². The zero-order chi connectivity index (χ0) is 45.4. The number of nitrogens with one attached hydrogen (secondary N) is 1. The summed E-state index contributed by atoms with van der Waals surface area (Å²) in [7, 11) is 0. The molecule has 320 valence electrons. The molecule has 0 aliphatic heterocycles. The molecule has 0 atom stereocenters. The Labute approximate surface area is 396 Å². The Morgan fingerprint density at radius 3 is 1.79 bits per heavy atom. The van der Waals surface area contributed by atoms with Crippen molar-refractivity contribution in [3.05, 3.63) is 294 Å². The molecule has 0 amide bonds. The minimum atomic E-state index is -0.573. The minimum Gasteiger partial charge on any atom is -0.300 e. The zero-order valence-corrected chi connectivity index (χ0v) is 37.2. The molecule has 0 fully saturated rings. The van der Waals surface area contributed by atoms with Crippen LogP contribution >= 0.6 is 0 Å². The Kier molecular flexibility index (Phi) is 10.2. The highest BCUT2D eigenvalue weighted by Gasteiger charge is 2.46. The second kappa shape index (κ2) is 17.1. The second-order valence-corrected chi connectivity index (χ2v) is 17.3. The third kappa shape index (κ3) is 6.90. The summed E-state index contributed by atoms with van der Waals surface area (Å²) in [6.45, 7) is 0. The molecule has 68 heavy (non-hydrogen) atoms. The molecule has 12 rings (SSSR count). The van der Waals surface area contributed by atoms with Gasteiger partial charge in [0.05, 0.1) is 28.0 Å². The maximum Gasteiger partial charge on any atom is 0.101 e. The normalized spacial score (nSPS) is 12.9. The number of aliphatic imine (C=N–C) groups is 1. The summed E-state index contributed by atoms with van der Waals surface area (Å²) >= 11 is 0. The van der Waals surface area contributed by atoms with E-state index in [0.717, 1.165) is 66.6 Å². The van der Waals surface area contributed by atoms with Gasteiger partial charge in [-0.25, -0.2) is 4.52 Å². The van der Waals surface area contributed by atoms with Crippen LogP contribution in [-0.4, -0.2) is 21.5 Å². The summed E-state index contributed by atoms with van der Waals surface area (Å²) in [5.74, 6) is 0. The summed E-state index contributed by atoms with van der Waals surface area (Å²) in [5.41, 5.74) is 17.6. The molecule has 0 unspecified atom stereocenters. The Balaban J connectivity index is 1.03. The molecule has 0 saturated carbocycles. The average molecular weight is 869 g/mol. The lowest BCUT2D eigenvalue weighted by atomic mass is 9.67. The molecule has 2 aromatic heterocycles. The molecule has 9 aromatic carbocycles. The number of nitrogens with zero attached hydrogens (tertiary/aromatic N) is 3. The minimum absolute atomic E-state index is 0.381. The molecule has 0 spiro atoms. The number of hydrogen-bond acceptors (Lipinski definition) is 3. The van der Waals surface area contributed by atoms with Gasteiger partial charge in [0.25, 0.3) is 0 Å². The Morgan fingerprint density at radius 2 is 1.07 bits per heavy atom. The predicted octanol–water partition coefficient (Wildman–Crippen LogP) is 15.4. The maximum atomic E-state index is 9.38. The molecule has 1 aliphatic rings. The van der Waals surface area contributed by atoms with Crippen molar-refractivity contribution in [1.29, 1.82) is 5.41 Å². The molecule has 1 N–H and O–H groups in total. The zero-order valence-electron chi connectivity index (χ0n) is 37.2. The fourth-order valence-corrected chi connectivity index (χ4v) is 10.3. The molecular weight excluding hydrogens is 825 g/mol. The lowest BCUT2D eigenvalue weighted by molar-refractivity contribution is 0.768. The van der Waals surface area contributed by atoms with Gasteiger partial charge in [-0.3, -0.25) is 4.99 Å². The fraction of sp³-hybridized carbons (Fsp3) is 0.0156. The first kappa shape index (κ1) is 40.5. The molecule has 4 heteroatoms. The van der Waals surface area contributed by atoms with Crippen LogP contribution in [0.5, 0.6) is 0 Å². The highest BCUT2D eigenvalue weighted by Crippen LogP contribution is 2.56. The molecule has 4 nitrogen and oxygen atoms in total. The first-order chi connectivity index (χ1) is 33.6. The van der Waals surface area contributed by atoms with Gasteiger partial charge in [-0.05, 0) is 79.7 Å². The first-order valence-corrected chi connectivity index (χ1v) is 23.1.